The summed E-state index contributed by atoms with van der Waals surface area (Å²) >= 11 is 7.88. The number of Topliss-reactive ketones (excluding diaryl/α,β-unsaturated/α-hetero) is 2. The average Bonchev–Trinajstić information content (AvgIpc) is 1.18. The van der Waals surface area contributed by atoms with E-state index in [1.807, 2.05) is 79.4 Å². The molecule has 0 radical (unpaired) electrons. The molecule has 0 bridgehead atoms. The Morgan fingerprint density at radius 1 is 0.522 bits per heavy atom. The van der Waals surface area contributed by atoms with E-state index in [0.717, 1.165) is 34.7 Å². The van der Waals surface area contributed by atoms with E-state index < -0.39 is 5.67 Å². The summed E-state index contributed by atoms with van der Waals surface area (Å²) in [7, 11) is 12.2. The first-order valence-corrected chi connectivity index (χ1v) is 35.7. The molecule has 0 aromatic rings. The number of carbonyl (C=O) groups is 2. The third-order valence-corrected chi connectivity index (χ3v) is 18.0. The molecule has 0 fully saturated rings. The Hall–Kier alpha value is -3.93. The number of ether oxygens (including phenoxy) is 1. The van der Waals surface area contributed by atoms with Crippen LogP contribution in [0.3, 0.4) is 0 Å². The number of allylic oxidation sites excluding steroid dienone is 12. The molecule has 92 heavy (non-hydrogen) atoms. The molecule has 544 valence electrons. The van der Waals surface area contributed by atoms with Crippen molar-refractivity contribution in [3.05, 3.63) is 118 Å². The van der Waals surface area contributed by atoms with Crippen LogP contribution in [0.1, 0.15) is 262 Å². The molecule has 0 heterocycles. The Balaban J connectivity index is -0.000000144. The number of hydrogen-bond acceptors (Lipinski definition) is 10. The van der Waals surface area contributed by atoms with E-state index in [-0.39, 0.29) is 22.4 Å². The first-order valence-electron chi connectivity index (χ1n) is 34.3. The van der Waals surface area contributed by atoms with Gasteiger partial charge in [-0.05, 0) is 242 Å². The van der Waals surface area contributed by atoms with Crippen molar-refractivity contribution in [1.29, 1.82) is 0 Å². The third kappa shape index (κ3) is 48.7. The van der Waals surface area contributed by atoms with E-state index in [0.29, 0.717) is 76.8 Å². The second-order valence-corrected chi connectivity index (χ2v) is 30.1. The van der Waals surface area contributed by atoms with Crippen molar-refractivity contribution in [3.8, 4) is 0 Å². The maximum Gasteiger partial charge on any atom is 0.185 e. The summed E-state index contributed by atoms with van der Waals surface area (Å²) in [6, 6.07) is 3.07. The number of alkyl halides is 2. The maximum atomic E-state index is 13.3. The van der Waals surface area contributed by atoms with Crippen molar-refractivity contribution in [2.75, 3.05) is 61.2 Å². The third-order valence-electron chi connectivity index (χ3n) is 16.8. The number of ketones is 2. The highest BCUT2D eigenvalue weighted by Gasteiger charge is 2.29. The van der Waals surface area contributed by atoms with Crippen LogP contribution >= 0.6 is 23.4 Å². The summed E-state index contributed by atoms with van der Waals surface area (Å²) in [5.74, 6) is 3.41. The fourth-order valence-corrected chi connectivity index (χ4v) is 8.03. The highest BCUT2D eigenvalue weighted by Crippen LogP contribution is 2.29. The van der Waals surface area contributed by atoms with Crippen molar-refractivity contribution >= 4 is 34.9 Å². The summed E-state index contributed by atoms with van der Waals surface area (Å²) in [4.78, 5) is 35.9. The Morgan fingerprint density at radius 2 is 0.891 bits per heavy atom. The predicted molar refractivity (Wildman–Crippen MR) is 421 cm³/mol. The molecule has 0 aromatic carbocycles. The number of carbonyl (C=O) groups excluding carboxylic acids is 2. The van der Waals surface area contributed by atoms with Crippen LogP contribution in [0.5, 0.6) is 0 Å². The van der Waals surface area contributed by atoms with Gasteiger partial charge in [-0.15, -0.1) is 23.4 Å². The van der Waals surface area contributed by atoms with Crippen molar-refractivity contribution in [2.45, 2.75) is 308 Å². The molecule has 1 rings (SSSR count). The van der Waals surface area contributed by atoms with Crippen molar-refractivity contribution in [2.24, 2.45) is 17.8 Å². The monoisotopic (exact) mass is 1340 g/mol. The van der Waals surface area contributed by atoms with Crippen molar-refractivity contribution in [1.82, 2.24) is 29.4 Å². The molecule has 1 aliphatic rings. The summed E-state index contributed by atoms with van der Waals surface area (Å²) in [6.07, 6.45) is 3.51. The molecule has 12 heteroatoms. The Bertz CT molecular complexity index is 2200. The first-order chi connectivity index (χ1) is 41.4. The molecule has 0 atom stereocenters. The molecule has 9 nitrogen and oxygen atoms in total. The number of hydrogen-bond donors (Lipinski definition) is 0. The van der Waals surface area contributed by atoms with Gasteiger partial charge in [0.05, 0.1) is 16.5 Å². The standard InChI is InChI=1S/C12H16O2.C10H18.C9H18ClN.C9H18FN.C9H18.C8H17NO.C8H17NS.C8H17N.C7H17N/c1-6(2)10-9(5)11(13)7(3)8(4)12(10)14;1-7(2)9(5)10(6)8(3)4;2*1-7(2)11(6)8(3)9(4,5)10;1-6-8(4)9(5)7(2)3;2*1-6-10-8(4)9(5)7(2)3;1-6-8(4)9(5)7(2)3;1-5-6-8(4)7(2)3/h6H,1-5H3;8H,1H2,2-6H3;2*7H,3H2,1-2,4-6H3;7H,6H2,1-5H3;2*7H,4,6H2,1-3,5H3;7H,4,6H2,1-3,5H3;7H,5-6H2,1-4H3/b;10-9+;;;9-8+;;;;. The normalized spacial score (nSPS) is 12.6. The van der Waals surface area contributed by atoms with Crippen LogP contribution in [-0.4, -0.2) is 149 Å². The van der Waals surface area contributed by atoms with E-state index >= 15 is 0 Å². The second-order valence-electron chi connectivity index (χ2n) is 27.8. The minimum atomic E-state index is -1.31. The van der Waals surface area contributed by atoms with Gasteiger partial charge in [-0.3, -0.25) is 9.59 Å². The molecule has 0 aromatic heterocycles. The van der Waals surface area contributed by atoms with Crippen LogP contribution in [0.2, 0.25) is 0 Å². The van der Waals surface area contributed by atoms with Gasteiger partial charge >= 0.3 is 0 Å². The van der Waals surface area contributed by atoms with Gasteiger partial charge in [-0.2, -0.15) is 0 Å². The summed E-state index contributed by atoms with van der Waals surface area (Å²) in [5.41, 5.74) is 11.0. The van der Waals surface area contributed by atoms with E-state index in [1.165, 1.54) is 55.7 Å². The zero-order chi connectivity index (χ0) is 75.6. The molecular formula is C80H156ClFN6O3S. The second kappa shape index (κ2) is 54.2. The topological polar surface area (TPSA) is 62.8 Å². The summed E-state index contributed by atoms with van der Waals surface area (Å²) in [6.45, 7) is 97.1. The molecule has 0 aliphatic heterocycles. The predicted octanol–water partition coefficient (Wildman–Crippen LogP) is 23.2. The lowest BCUT2D eigenvalue weighted by Gasteiger charge is -2.32. The van der Waals surface area contributed by atoms with Crippen molar-refractivity contribution in [3.63, 3.8) is 0 Å². The van der Waals surface area contributed by atoms with Crippen LogP contribution in [-0.2, 0) is 14.3 Å². The Kier molecular flexibility index (Phi) is 61.4. The molecule has 0 unspecified atom stereocenters. The minimum Gasteiger partial charge on any atom is -0.480 e. The fourth-order valence-electron chi connectivity index (χ4n) is 7.15. The lowest BCUT2D eigenvalue weighted by molar-refractivity contribution is -0.116. The fraction of sp³-hybridized carbons (Fsp3) is 0.725. The first kappa shape index (κ1) is 104. The minimum absolute atomic E-state index is 0.0193. The molecule has 0 saturated carbocycles. The van der Waals surface area contributed by atoms with E-state index in [1.54, 1.807) is 43.7 Å². The number of halogens is 2. The summed E-state index contributed by atoms with van der Waals surface area (Å²) in [5, 5.41) is 1.16. The van der Waals surface area contributed by atoms with Crippen LogP contribution in [0, 0.1) is 17.8 Å². The lowest BCUT2D eigenvalue weighted by Crippen LogP contribution is -2.34. The van der Waals surface area contributed by atoms with E-state index in [4.69, 9.17) is 16.3 Å². The lowest BCUT2D eigenvalue weighted by atomic mass is 9.81. The average molecular weight is 1340 g/mol. The number of rotatable bonds is 25. The van der Waals surface area contributed by atoms with Crippen LogP contribution in [0.15, 0.2) is 118 Å². The van der Waals surface area contributed by atoms with Crippen molar-refractivity contribution < 1.29 is 18.7 Å². The number of thioether (sulfide) groups is 1. The van der Waals surface area contributed by atoms with E-state index in [2.05, 4.69) is 239 Å². The zero-order valence-electron chi connectivity index (χ0n) is 68.8. The highest BCUT2D eigenvalue weighted by molar-refractivity contribution is 8.02. The van der Waals surface area contributed by atoms with Crippen LogP contribution < -0.4 is 0 Å². The maximum absolute atomic E-state index is 13.3. The quantitative estimate of drug-likeness (QED) is 0.0290. The Labute approximate surface area is 584 Å². The van der Waals surface area contributed by atoms with Gasteiger partial charge in [-0.1, -0.05) is 124 Å². The van der Waals surface area contributed by atoms with Gasteiger partial charge < -0.3 is 34.1 Å². The zero-order valence-corrected chi connectivity index (χ0v) is 70.3. The van der Waals surface area contributed by atoms with Gasteiger partial charge in [-0.25, -0.2) is 4.39 Å². The largest absolute Gasteiger partial charge is 0.480 e. The smallest absolute Gasteiger partial charge is 0.185 e. The van der Waals surface area contributed by atoms with Crippen LogP contribution in [0.25, 0.3) is 0 Å². The van der Waals surface area contributed by atoms with Gasteiger partial charge in [0.25, 0.3) is 0 Å². The van der Waals surface area contributed by atoms with Crippen LogP contribution in [0.4, 0.5) is 4.39 Å². The Morgan fingerprint density at radius 3 is 1.09 bits per heavy atom. The van der Waals surface area contributed by atoms with Gasteiger partial charge in [0.2, 0.25) is 0 Å². The molecular weight excluding hydrogens is 1180 g/mol. The van der Waals surface area contributed by atoms with E-state index in [9.17, 15) is 14.0 Å². The summed E-state index contributed by atoms with van der Waals surface area (Å²) < 4.78 is 18.4. The molecule has 0 N–H and O–H groups in total. The molecule has 0 saturated heterocycles. The molecule has 0 amide bonds. The highest BCUT2D eigenvalue weighted by atomic mass is 35.5. The van der Waals surface area contributed by atoms with Gasteiger partial charge in [0.15, 0.2) is 17.4 Å². The molecule has 0 spiro atoms. The van der Waals surface area contributed by atoms with Gasteiger partial charge in [0, 0.05) is 111 Å². The molecule has 1 aliphatic carbocycles. The number of nitrogens with zero attached hydrogens (tertiary/aromatic N) is 6. The SMILES string of the molecule is C=C(C)/C(C)=C(\C)C(C)C.C=C(CC)N(C)C(C)C.C=C(N(C)C(C)C)C(C)(C)Cl.C=C(N(C)C(C)C)C(C)(C)F.C=C(OCC)N(C)C(C)C.C=C(SCC)N(C)C(C)C.CC/C(C)=C(\C)C(C)C.CC1=C(C)C(=O)C(C(C)C)=C(C)C1=O.CCCN(C)C(C)C. The van der Waals surface area contributed by atoms with Gasteiger partial charge in [0.1, 0.15) is 5.67 Å².